The van der Waals surface area contributed by atoms with E-state index in [9.17, 15) is 9.18 Å². The highest BCUT2D eigenvalue weighted by atomic mass is 35.5. The lowest BCUT2D eigenvalue weighted by atomic mass is 10.2. The zero-order valence-electron chi connectivity index (χ0n) is 8.69. The average Bonchev–Trinajstić information content (AvgIpc) is 2.32. The largest absolute Gasteiger partial charge is 0.457 e. The molecule has 0 aliphatic carbocycles. The van der Waals surface area contributed by atoms with Gasteiger partial charge in [-0.05, 0) is 36.4 Å². The van der Waals surface area contributed by atoms with Crippen LogP contribution in [0, 0.1) is 5.82 Å². The molecule has 0 unspecified atom stereocenters. The zero-order valence-corrected chi connectivity index (χ0v) is 9.45. The zero-order chi connectivity index (χ0) is 12.3. The summed E-state index contributed by atoms with van der Waals surface area (Å²) in [5.74, 6) is 0.0666. The molecule has 0 aliphatic heterocycles. The van der Waals surface area contributed by atoms with Crippen molar-refractivity contribution in [3.63, 3.8) is 0 Å². The van der Waals surface area contributed by atoms with Gasteiger partial charge in [-0.25, -0.2) is 4.39 Å². The normalized spacial score (nSPS) is 10.0. The van der Waals surface area contributed by atoms with Crippen LogP contribution in [-0.4, -0.2) is 6.29 Å². The summed E-state index contributed by atoms with van der Waals surface area (Å²) in [4.78, 5) is 10.8. The van der Waals surface area contributed by atoms with Crippen LogP contribution in [0.3, 0.4) is 0 Å². The third-order valence-electron chi connectivity index (χ3n) is 2.17. The molecular weight excluding hydrogens is 243 g/mol. The first-order valence-electron chi connectivity index (χ1n) is 4.88. The molecule has 0 aliphatic rings. The van der Waals surface area contributed by atoms with Gasteiger partial charge in [0.2, 0.25) is 0 Å². The number of carbonyl (C=O) groups is 1. The van der Waals surface area contributed by atoms with E-state index in [0.717, 1.165) is 0 Å². The van der Waals surface area contributed by atoms with Crippen LogP contribution in [0.25, 0.3) is 0 Å². The molecule has 0 N–H and O–H groups in total. The summed E-state index contributed by atoms with van der Waals surface area (Å²) in [6.07, 6.45) is 0.431. The van der Waals surface area contributed by atoms with E-state index in [2.05, 4.69) is 0 Å². The standard InChI is InChI=1S/C13H8ClFO2/c14-9-4-6-10(7-5-9)17-13-3-1-2-12(15)11(13)8-16/h1-8H. The third-order valence-corrected chi connectivity index (χ3v) is 2.42. The second kappa shape index (κ2) is 4.97. The van der Waals surface area contributed by atoms with Crippen molar-refractivity contribution < 1.29 is 13.9 Å². The van der Waals surface area contributed by atoms with E-state index in [0.29, 0.717) is 17.1 Å². The van der Waals surface area contributed by atoms with Crippen molar-refractivity contribution in [2.75, 3.05) is 0 Å². The Hall–Kier alpha value is -1.87. The summed E-state index contributed by atoms with van der Waals surface area (Å²) in [7, 11) is 0. The van der Waals surface area contributed by atoms with Crippen LogP contribution in [0.2, 0.25) is 5.02 Å². The highest BCUT2D eigenvalue weighted by Gasteiger charge is 2.09. The molecule has 0 saturated carbocycles. The van der Waals surface area contributed by atoms with E-state index in [1.807, 2.05) is 0 Å². The molecule has 2 nitrogen and oxygen atoms in total. The molecule has 0 aromatic heterocycles. The van der Waals surface area contributed by atoms with E-state index in [1.165, 1.54) is 18.2 Å². The molecule has 0 bridgehead atoms. The van der Waals surface area contributed by atoms with Gasteiger partial charge >= 0.3 is 0 Å². The first kappa shape index (κ1) is 11.6. The van der Waals surface area contributed by atoms with Crippen LogP contribution in [0.4, 0.5) is 4.39 Å². The van der Waals surface area contributed by atoms with Crippen LogP contribution in [-0.2, 0) is 0 Å². The second-order valence-electron chi connectivity index (χ2n) is 3.33. The average molecular weight is 251 g/mol. The van der Waals surface area contributed by atoms with Gasteiger partial charge in [0.05, 0.1) is 5.56 Å². The lowest BCUT2D eigenvalue weighted by Crippen LogP contribution is -1.93. The van der Waals surface area contributed by atoms with Crippen LogP contribution in [0.1, 0.15) is 10.4 Å². The van der Waals surface area contributed by atoms with Gasteiger partial charge in [-0.2, -0.15) is 0 Å². The third kappa shape index (κ3) is 2.63. The fraction of sp³-hybridized carbons (Fsp3) is 0. The second-order valence-corrected chi connectivity index (χ2v) is 3.76. The minimum Gasteiger partial charge on any atom is -0.457 e. The van der Waals surface area contributed by atoms with Gasteiger partial charge in [-0.3, -0.25) is 4.79 Å². The maximum Gasteiger partial charge on any atom is 0.156 e. The number of rotatable bonds is 3. The van der Waals surface area contributed by atoms with Gasteiger partial charge in [0.25, 0.3) is 0 Å². The van der Waals surface area contributed by atoms with Gasteiger partial charge < -0.3 is 4.74 Å². The summed E-state index contributed by atoms with van der Waals surface area (Å²) in [6.45, 7) is 0. The van der Waals surface area contributed by atoms with Crippen molar-refractivity contribution in [3.8, 4) is 11.5 Å². The summed E-state index contributed by atoms with van der Waals surface area (Å²) < 4.78 is 18.7. The minimum atomic E-state index is -0.605. The van der Waals surface area contributed by atoms with Gasteiger partial charge in [0.15, 0.2) is 6.29 Å². The molecular formula is C13H8ClFO2. The van der Waals surface area contributed by atoms with E-state index < -0.39 is 5.82 Å². The van der Waals surface area contributed by atoms with E-state index in [4.69, 9.17) is 16.3 Å². The Kier molecular flexibility index (Phi) is 3.40. The van der Waals surface area contributed by atoms with E-state index in [-0.39, 0.29) is 11.3 Å². The molecule has 2 aromatic rings. The Balaban J connectivity index is 2.33. The highest BCUT2D eigenvalue weighted by Crippen LogP contribution is 2.26. The number of carbonyl (C=O) groups excluding carboxylic acids is 1. The number of halogens is 2. The number of hydrogen-bond acceptors (Lipinski definition) is 2. The van der Waals surface area contributed by atoms with Crippen molar-refractivity contribution in [3.05, 3.63) is 58.9 Å². The van der Waals surface area contributed by atoms with Crippen molar-refractivity contribution in [2.45, 2.75) is 0 Å². The lowest BCUT2D eigenvalue weighted by molar-refractivity contribution is 0.111. The number of hydrogen-bond donors (Lipinski definition) is 0. The fourth-order valence-corrected chi connectivity index (χ4v) is 1.48. The Morgan fingerprint density at radius 3 is 2.47 bits per heavy atom. The fourth-order valence-electron chi connectivity index (χ4n) is 1.35. The molecule has 0 spiro atoms. The number of benzene rings is 2. The molecule has 0 amide bonds. The molecule has 0 saturated heterocycles. The van der Waals surface area contributed by atoms with Crippen LogP contribution in [0.15, 0.2) is 42.5 Å². The smallest absolute Gasteiger partial charge is 0.156 e. The number of aldehydes is 1. The van der Waals surface area contributed by atoms with Crippen molar-refractivity contribution in [2.24, 2.45) is 0 Å². The molecule has 4 heteroatoms. The predicted octanol–water partition coefficient (Wildman–Crippen LogP) is 4.08. The van der Waals surface area contributed by atoms with Crippen LogP contribution in [0.5, 0.6) is 11.5 Å². The quantitative estimate of drug-likeness (QED) is 0.767. The molecule has 0 fully saturated rings. The van der Waals surface area contributed by atoms with Gasteiger partial charge in [-0.1, -0.05) is 17.7 Å². The highest BCUT2D eigenvalue weighted by molar-refractivity contribution is 6.30. The van der Waals surface area contributed by atoms with Crippen molar-refractivity contribution >= 4 is 17.9 Å². The first-order chi connectivity index (χ1) is 8.20. The molecule has 86 valence electrons. The van der Waals surface area contributed by atoms with Gasteiger partial charge in [0.1, 0.15) is 17.3 Å². The molecule has 2 aromatic carbocycles. The maximum atomic E-state index is 13.3. The summed E-state index contributed by atoms with van der Waals surface area (Å²) in [5.41, 5.74) is -0.0950. The molecule has 2 rings (SSSR count). The maximum absolute atomic E-state index is 13.3. The van der Waals surface area contributed by atoms with Crippen molar-refractivity contribution in [1.82, 2.24) is 0 Å². The summed E-state index contributed by atoms with van der Waals surface area (Å²) >= 11 is 5.73. The van der Waals surface area contributed by atoms with Crippen LogP contribution < -0.4 is 4.74 Å². The lowest BCUT2D eigenvalue weighted by Gasteiger charge is -2.08. The Labute approximate surface area is 103 Å². The molecule has 17 heavy (non-hydrogen) atoms. The topological polar surface area (TPSA) is 26.3 Å². The van der Waals surface area contributed by atoms with E-state index >= 15 is 0 Å². The number of ether oxygens (including phenoxy) is 1. The molecule has 0 heterocycles. The summed E-state index contributed by atoms with van der Waals surface area (Å²) in [5, 5.41) is 0.576. The van der Waals surface area contributed by atoms with Gasteiger partial charge in [0, 0.05) is 5.02 Å². The van der Waals surface area contributed by atoms with Crippen LogP contribution >= 0.6 is 11.6 Å². The summed E-state index contributed by atoms with van der Waals surface area (Å²) in [6, 6.07) is 10.8. The SMILES string of the molecule is O=Cc1c(F)cccc1Oc1ccc(Cl)cc1. The van der Waals surface area contributed by atoms with E-state index in [1.54, 1.807) is 24.3 Å². The Morgan fingerprint density at radius 2 is 1.82 bits per heavy atom. The Morgan fingerprint density at radius 1 is 1.12 bits per heavy atom. The van der Waals surface area contributed by atoms with Gasteiger partial charge in [-0.15, -0.1) is 0 Å². The molecule has 0 atom stereocenters. The van der Waals surface area contributed by atoms with Crippen molar-refractivity contribution in [1.29, 1.82) is 0 Å². The Bertz CT molecular complexity index is 538. The monoisotopic (exact) mass is 250 g/mol. The minimum absolute atomic E-state index is 0.0950. The predicted molar refractivity (Wildman–Crippen MR) is 63.3 cm³/mol. The molecule has 0 radical (unpaired) electrons. The first-order valence-corrected chi connectivity index (χ1v) is 5.25.